The highest BCUT2D eigenvalue weighted by atomic mass is 16.5. The molecule has 0 aliphatic rings. The van der Waals surface area contributed by atoms with Crippen molar-refractivity contribution >= 4 is 12.0 Å². The number of ether oxygens (including phenoxy) is 2. The molecule has 0 fully saturated rings. The second-order valence-corrected chi connectivity index (χ2v) is 7.07. The number of amides is 1. The lowest BCUT2D eigenvalue weighted by Gasteiger charge is -2.04. The van der Waals surface area contributed by atoms with E-state index in [1.54, 1.807) is 13.2 Å². The van der Waals surface area contributed by atoms with E-state index in [0.29, 0.717) is 32.9 Å². The molecule has 0 atom stereocenters. The summed E-state index contributed by atoms with van der Waals surface area (Å²) < 4.78 is 12.2. The third-order valence-corrected chi connectivity index (χ3v) is 4.64. The van der Waals surface area contributed by atoms with Gasteiger partial charge in [-0.05, 0) is 18.1 Å². The van der Waals surface area contributed by atoms with Crippen molar-refractivity contribution in [3.8, 4) is 11.3 Å². The van der Waals surface area contributed by atoms with Gasteiger partial charge in [-0.25, -0.2) is 0 Å². The zero-order valence-corrected chi connectivity index (χ0v) is 17.9. The summed E-state index contributed by atoms with van der Waals surface area (Å²) in [5, 5.41) is 7.66. The number of carbonyl (C=O) groups is 1. The summed E-state index contributed by atoms with van der Waals surface area (Å²) >= 11 is 0. The van der Waals surface area contributed by atoms with Crippen LogP contribution in [0.5, 0.6) is 0 Å². The van der Waals surface area contributed by atoms with Crippen LogP contribution in [-0.4, -0.2) is 49.2 Å². The summed E-state index contributed by atoms with van der Waals surface area (Å²) in [6.45, 7) is 2.98. The molecule has 3 rings (SSSR count). The lowest BCUT2D eigenvalue weighted by atomic mass is 10.1. The van der Waals surface area contributed by atoms with Gasteiger partial charge in [0.2, 0.25) is 5.91 Å². The molecule has 0 saturated heterocycles. The molecule has 162 valence electrons. The lowest BCUT2D eigenvalue weighted by molar-refractivity contribution is -0.116. The van der Waals surface area contributed by atoms with Crippen LogP contribution >= 0.6 is 0 Å². The van der Waals surface area contributed by atoms with Crippen LogP contribution in [0.1, 0.15) is 17.5 Å². The molecule has 3 aromatic rings. The first-order valence-electron chi connectivity index (χ1n) is 10.5. The number of rotatable bonds is 12. The second-order valence-electron chi connectivity index (χ2n) is 7.07. The largest absolute Gasteiger partial charge is 0.382 e. The summed E-state index contributed by atoms with van der Waals surface area (Å²) in [6.07, 6.45) is 6.11. The van der Waals surface area contributed by atoms with E-state index >= 15 is 0 Å². The average Bonchev–Trinajstić information content (AvgIpc) is 3.21. The van der Waals surface area contributed by atoms with Crippen LogP contribution in [0.15, 0.2) is 72.9 Å². The molecular weight excluding hydrogens is 390 g/mol. The van der Waals surface area contributed by atoms with Crippen LogP contribution < -0.4 is 5.32 Å². The quantitative estimate of drug-likeness (QED) is 0.358. The molecule has 1 N–H and O–H groups in total. The van der Waals surface area contributed by atoms with Crippen molar-refractivity contribution in [1.29, 1.82) is 0 Å². The van der Waals surface area contributed by atoms with Gasteiger partial charge in [0, 0.05) is 43.7 Å². The fourth-order valence-electron chi connectivity index (χ4n) is 3.09. The van der Waals surface area contributed by atoms with Crippen LogP contribution in [0.25, 0.3) is 17.3 Å². The summed E-state index contributed by atoms with van der Waals surface area (Å²) in [4.78, 5) is 12.2. The number of aromatic nitrogens is 2. The topological polar surface area (TPSA) is 65.4 Å². The molecule has 0 aliphatic heterocycles. The van der Waals surface area contributed by atoms with Gasteiger partial charge in [-0.3, -0.25) is 9.48 Å². The molecule has 0 aliphatic carbocycles. The Morgan fingerprint density at radius 2 is 1.77 bits per heavy atom. The molecule has 31 heavy (non-hydrogen) atoms. The summed E-state index contributed by atoms with van der Waals surface area (Å²) in [6, 6.07) is 20.2. The molecule has 0 saturated carbocycles. The minimum Gasteiger partial charge on any atom is -0.382 e. The minimum atomic E-state index is -0.133. The van der Waals surface area contributed by atoms with E-state index in [9.17, 15) is 4.79 Å². The minimum absolute atomic E-state index is 0.133. The smallest absolute Gasteiger partial charge is 0.244 e. The third-order valence-electron chi connectivity index (χ3n) is 4.64. The highest BCUT2D eigenvalue weighted by molar-refractivity contribution is 5.92. The number of methoxy groups -OCH3 is 1. The normalized spacial score (nSPS) is 11.1. The number of nitrogens with zero attached hydrogens (tertiary/aromatic N) is 2. The zero-order valence-electron chi connectivity index (χ0n) is 17.9. The van der Waals surface area contributed by atoms with Crippen molar-refractivity contribution in [3.63, 3.8) is 0 Å². The van der Waals surface area contributed by atoms with Crippen LogP contribution in [0.3, 0.4) is 0 Å². The maximum absolute atomic E-state index is 12.2. The Labute approximate surface area is 183 Å². The average molecular weight is 420 g/mol. The molecular formula is C25H29N3O3. The Kier molecular flexibility index (Phi) is 9.04. The Bertz CT molecular complexity index is 953. The number of carbonyl (C=O) groups excluding carboxylic acids is 1. The van der Waals surface area contributed by atoms with Gasteiger partial charge in [-0.2, -0.15) is 5.10 Å². The molecule has 0 radical (unpaired) electrons. The van der Waals surface area contributed by atoms with E-state index in [0.717, 1.165) is 23.2 Å². The third kappa shape index (κ3) is 7.51. The van der Waals surface area contributed by atoms with Crippen LogP contribution in [-0.2, 0) is 20.8 Å². The van der Waals surface area contributed by atoms with E-state index in [4.69, 9.17) is 14.6 Å². The van der Waals surface area contributed by atoms with Crippen LogP contribution in [0, 0.1) is 0 Å². The number of benzene rings is 2. The van der Waals surface area contributed by atoms with Crippen LogP contribution in [0.2, 0.25) is 0 Å². The summed E-state index contributed by atoms with van der Waals surface area (Å²) in [5.41, 5.74) is 3.94. The highest BCUT2D eigenvalue weighted by Crippen LogP contribution is 2.23. The molecule has 1 amide bonds. The molecule has 6 heteroatoms. The maximum atomic E-state index is 12.2. The molecule has 2 aromatic carbocycles. The predicted molar refractivity (Wildman–Crippen MR) is 123 cm³/mol. The van der Waals surface area contributed by atoms with E-state index in [2.05, 4.69) is 17.4 Å². The van der Waals surface area contributed by atoms with Crippen molar-refractivity contribution in [2.24, 2.45) is 0 Å². The van der Waals surface area contributed by atoms with Gasteiger partial charge in [0.05, 0.1) is 25.5 Å². The van der Waals surface area contributed by atoms with E-state index in [-0.39, 0.29) is 5.91 Å². The summed E-state index contributed by atoms with van der Waals surface area (Å²) in [5.74, 6) is -0.133. The summed E-state index contributed by atoms with van der Waals surface area (Å²) in [7, 11) is 1.64. The van der Waals surface area contributed by atoms with Crippen molar-refractivity contribution in [3.05, 3.63) is 84.1 Å². The SMILES string of the molecule is COCCOCCCNC(=O)/C=C/c1cn(Cc2ccccc2)nc1-c1ccccc1. The Hall–Kier alpha value is -3.22. The Morgan fingerprint density at radius 1 is 1.03 bits per heavy atom. The fourth-order valence-corrected chi connectivity index (χ4v) is 3.09. The van der Waals surface area contributed by atoms with Crippen molar-refractivity contribution in [2.45, 2.75) is 13.0 Å². The van der Waals surface area contributed by atoms with E-state index in [1.807, 2.05) is 65.5 Å². The van der Waals surface area contributed by atoms with Gasteiger partial charge in [-0.1, -0.05) is 60.7 Å². The van der Waals surface area contributed by atoms with Gasteiger partial charge in [0.25, 0.3) is 0 Å². The maximum Gasteiger partial charge on any atom is 0.244 e. The van der Waals surface area contributed by atoms with Crippen molar-refractivity contribution < 1.29 is 14.3 Å². The van der Waals surface area contributed by atoms with E-state index < -0.39 is 0 Å². The molecule has 0 unspecified atom stereocenters. The molecule has 1 aromatic heterocycles. The fraction of sp³-hybridized carbons (Fsp3) is 0.280. The van der Waals surface area contributed by atoms with Gasteiger partial charge in [-0.15, -0.1) is 0 Å². The van der Waals surface area contributed by atoms with Gasteiger partial charge < -0.3 is 14.8 Å². The van der Waals surface area contributed by atoms with Gasteiger partial charge >= 0.3 is 0 Å². The van der Waals surface area contributed by atoms with E-state index in [1.165, 1.54) is 5.56 Å². The second kappa shape index (κ2) is 12.5. The van der Waals surface area contributed by atoms with Gasteiger partial charge in [0.15, 0.2) is 0 Å². The number of nitrogens with one attached hydrogen (secondary N) is 1. The lowest BCUT2D eigenvalue weighted by Crippen LogP contribution is -2.23. The zero-order chi connectivity index (χ0) is 21.7. The highest BCUT2D eigenvalue weighted by Gasteiger charge is 2.10. The first-order chi connectivity index (χ1) is 15.3. The molecule has 1 heterocycles. The molecule has 0 bridgehead atoms. The van der Waals surface area contributed by atoms with Crippen molar-refractivity contribution in [2.75, 3.05) is 33.5 Å². The Morgan fingerprint density at radius 3 is 2.52 bits per heavy atom. The number of hydrogen-bond donors (Lipinski definition) is 1. The predicted octanol–water partition coefficient (Wildman–Crippen LogP) is 3.78. The van der Waals surface area contributed by atoms with Crippen LogP contribution in [0.4, 0.5) is 0 Å². The molecule has 0 spiro atoms. The monoisotopic (exact) mass is 419 g/mol. The Balaban J connectivity index is 1.62. The molecule has 6 nitrogen and oxygen atoms in total. The standard InChI is InChI=1S/C25H29N3O3/c1-30-17-18-31-16-8-15-26-24(29)14-13-23-20-28(19-21-9-4-2-5-10-21)27-25(23)22-11-6-3-7-12-22/h2-7,9-14,20H,8,15-19H2,1H3,(H,26,29)/b14-13+. The number of hydrogen-bond acceptors (Lipinski definition) is 4. The van der Waals surface area contributed by atoms with Crippen molar-refractivity contribution in [1.82, 2.24) is 15.1 Å². The van der Waals surface area contributed by atoms with Gasteiger partial charge in [0.1, 0.15) is 0 Å². The first-order valence-corrected chi connectivity index (χ1v) is 10.5. The first kappa shape index (κ1) is 22.5.